The van der Waals surface area contributed by atoms with Crippen LogP contribution in [0.3, 0.4) is 0 Å². The zero-order valence-corrected chi connectivity index (χ0v) is 12.6. The summed E-state index contributed by atoms with van der Waals surface area (Å²) in [4.78, 5) is 24.2. The Bertz CT molecular complexity index is 572. The summed E-state index contributed by atoms with van der Waals surface area (Å²) in [5.74, 6) is 1.75. The molecule has 0 aromatic heterocycles. The molecule has 4 nitrogen and oxygen atoms in total. The number of rotatable bonds is 4. The Hall–Kier alpha value is -1.84. The minimum absolute atomic E-state index is 0.102. The van der Waals surface area contributed by atoms with E-state index in [0.29, 0.717) is 12.1 Å². The molecule has 2 saturated carbocycles. The molecule has 2 unspecified atom stereocenters. The molecule has 1 aromatic rings. The van der Waals surface area contributed by atoms with E-state index >= 15 is 0 Å². The van der Waals surface area contributed by atoms with E-state index in [1.807, 2.05) is 19.9 Å². The molecule has 2 fully saturated rings. The minimum Gasteiger partial charge on any atom is -0.352 e. The first-order valence-corrected chi connectivity index (χ1v) is 7.78. The van der Waals surface area contributed by atoms with E-state index in [1.165, 1.54) is 6.42 Å². The normalized spacial score (nSPS) is 26.1. The monoisotopic (exact) mass is 286 g/mol. The van der Waals surface area contributed by atoms with E-state index in [0.717, 1.165) is 35.9 Å². The fourth-order valence-electron chi connectivity index (χ4n) is 3.32. The van der Waals surface area contributed by atoms with Gasteiger partial charge in [0.15, 0.2) is 0 Å². The molecule has 3 rings (SSSR count). The van der Waals surface area contributed by atoms with Crippen molar-refractivity contribution in [3.8, 4) is 0 Å². The van der Waals surface area contributed by atoms with Crippen molar-refractivity contribution < 1.29 is 9.59 Å². The predicted molar refractivity (Wildman–Crippen MR) is 82.1 cm³/mol. The number of anilines is 1. The molecule has 0 saturated heterocycles. The largest absolute Gasteiger partial charge is 0.352 e. The molecule has 21 heavy (non-hydrogen) atoms. The van der Waals surface area contributed by atoms with E-state index < -0.39 is 0 Å². The third-order valence-electron chi connectivity index (χ3n) is 4.71. The Morgan fingerprint density at radius 3 is 2.57 bits per heavy atom. The van der Waals surface area contributed by atoms with E-state index in [9.17, 15) is 9.59 Å². The summed E-state index contributed by atoms with van der Waals surface area (Å²) in [6.45, 7) is 4.43. The van der Waals surface area contributed by atoms with Gasteiger partial charge in [-0.05, 0) is 62.6 Å². The second kappa shape index (κ2) is 5.51. The van der Waals surface area contributed by atoms with E-state index in [4.69, 9.17) is 0 Å². The van der Waals surface area contributed by atoms with E-state index in [1.54, 1.807) is 12.1 Å². The number of aryl methyl sites for hydroxylation is 1. The topological polar surface area (TPSA) is 58.2 Å². The van der Waals surface area contributed by atoms with Gasteiger partial charge >= 0.3 is 0 Å². The van der Waals surface area contributed by atoms with Gasteiger partial charge in [0, 0.05) is 23.7 Å². The lowest BCUT2D eigenvalue weighted by atomic mass is 10.0. The molecule has 2 aliphatic carbocycles. The molecule has 112 valence electrons. The number of nitrogens with one attached hydrogen (secondary N) is 2. The molecule has 2 N–H and O–H groups in total. The highest BCUT2D eigenvalue weighted by Crippen LogP contribution is 2.54. The van der Waals surface area contributed by atoms with E-state index in [-0.39, 0.29) is 17.7 Å². The van der Waals surface area contributed by atoms with Gasteiger partial charge in [0.2, 0.25) is 5.91 Å². The highest BCUT2D eigenvalue weighted by molar-refractivity contribution is 5.98. The molecule has 0 heterocycles. The number of fused-ring (bicyclic) bond motifs is 1. The Kier molecular flexibility index (Phi) is 3.70. The van der Waals surface area contributed by atoms with Crippen molar-refractivity contribution in [2.24, 2.45) is 17.8 Å². The highest BCUT2D eigenvalue weighted by Gasteiger charge is 2.48. The lowest BCUT2D eigenvalue weighted by molar-refractivity contribution is -0.120. The summed E-state index contributed by atoms with van der Waals surface area (Å²) in [5, 5.41) is 5.79. The summed E-state index contributed by atoms with van der Waals surface area (Å²) in [6, 6.07) is 5.45. The van der Waals surface area contributed by atoms with Crippen LogP contribution < -0.4 is 10.6 Å². The van der Waals surface area contributed by atoms with Crippen molar-refractivity contribution in [1.82, 2.24) is 5.32 Å². The van der Waals surface area contributed by atoms with Crippen LogP contribution in [0.15, 0.2) is 18.2 Å². The Morgan fingerprint density at radius 2 is 1.90 bits per heavy atom. The number of benzene rings is 1. The maximum Gasteiger partial charge on any atom is 0.251 e. The number of carbonyl (C=O) groups is 2. The Labute approximate surface area is 125 Å². The summed E-state index contributed by atoms with van der Waals surface area (Å²) in [7, 11) is 0. The fourth-order valence-corrected chi connectivity index (χ4v) is 3.32. The molecular weight excluding hydrogens is 264 g/mol. The summed E-state index contributed by atoms with van der Waals surface area (Å²) < 4.78 is 0. The second-order valence-corrected chi connectivity index (χ2v) is 6.30. The third-order valence-corrected chi connectivity index (χ3v) is 4.71. The maximum atomic E-state index is 12.3. The van der Waals surface area contributed by atoms with Gasteiger partial charge in [-0.15, -0.1) is 0 Å². The molecule has 2 atom stereocenters. The predicted octanol–water partition coefficient (Wildman–Crippen LogP) is 2.73. The number of hydrogen-bond acceptors (Lipinski definition) is 2. The molecule has 4 heteroatoms. The molecule has 0 spiro atoms. The van der Waals surface area contributed by atoms with Crippen LogP contribution >= 0.6 is 0 Å². The first-order valence-electron chi connectivity index (χ1n) is 7.78. The summed E-state index contributed by atoms with van der Waals surface area (Å²) in [6.07, 6.45) is 3.38. The van der Waals surface area contributed by atoms with Crippen LogP contribution in [0.2, 0.25) is 0 Å². The summed E-state index contributed by atoms with van der Waals surface area (Å²) >= 11 is 0. The van der Waals surface area contributed by atoms with Crippen molar-refractivity contribution in [3.05, 3.63) is 29.3 Å². The van der Waals surface area contributed by atoms with Crippen molar-refractivity contribution in [1.29, 1.82) is 0 Å². The average Bonchev–Trinajstić information content (AvgIpc) is 3.07. The maximum absolute atomic E-state index is 12.3. The quantitative estimate of drug-likeness (QED) is 0.894. The van der Waals surface area contributed by atoms with Gasteiger partial charge in [-0.3, -0.25) is 9.59 Å². The van der Waals surface area contributed by atoms with Crippen LogP contribution in [-0.4, -0.2) is 18.4 Å². The molecule has 2 amide bonds. The first-order chi connectivity index (χ1) is 10.1. The smallest absolute Gasteiger partial charge is 0.251 e. The first kappa shape index (κ1) is 14.1. The minimum atomic E-state index is -0.102. The van der Waals surface area contributed by atoms with Crippen LogP contribution in [0, 0.1) is 24.7 Å². The number of hydrogen-bond donors (Lipinski definition) is 2. The Morgan fingerprint density at radius 1 is 1.19 bits per heavy atom. The molecule has 1 aromatic carbocycles. The lowest BCUT2D eigenvalue weighted by Crippen LogP contribution is -2.24. The van der Waals surface area contributed by atoms with Crippen LogP contribution in [0.5, 0.6) is 0 Å². The average molecular weight is 286 g/mol. The van der Waals surface area contributed by atoms with E-state index in [2.05, 4.69) is 10.6 Å². The second-order valence-electron chi connectivity index (χ2n) is 6.30. The van der Waals surface area contributed by atoms with Crippen molar-refractivity contribution in [3.63, 3.8) is 0 Å². The van der Waals surface area contributed by atoms with Gasteiger partial charge in [-0.1, -0.05) is 6.07 Å². The lowest BCUT2D eigenvalue weighted by Gasteiger charge is -2.15. The van der Waals surface area contributed by atoms with Gasteiger partial charge < -0.3 is 10.6 Å². The van der Waals surface area contributed by atoms with Crippen LogP contribution in [0.25, 0.3) is 0 Å². The fraction of sp³-hybridized carbons (Fsp3) is 0.529. The SMILES string of the molecule is CCNC(=O)c1ccc(C)c(NC(=O)C2CC3CC3C2)c1. The highest BCUT2D eigenvalue weighted by atomic mass is 16.2. The zero-order chi connectivity index (χ0) is 15.0. The number of amides is 2. The van der Waals surface area contributed by atoms with Crippen LogP contribution in [0.1, 0.15) is 42.1 Å². The molecule has 0 aliphatic heterocycles. The van der Waals surface area contributed by atoms with Crippen molar-refractivity contribution in [2.75, 3.05) is 11.9 Å². The van der Waals surface area contributed by atoms with Crippen LogP contribution in [-0.2, 0) is 4.79 Å². The number of carbonyl (C=O) groups excluding carboxylic acids is 2. The van der Waals surface area contributed by atoms with Gasteiger partial charge in [0.25, 0.3) is 5.91 Å². The van der Waals surface area contributed by atoms with Crippen LogP contribution in [0.4, 0.5) is 5.69 Å². The van der Waals surface area contributed by atoms with Gasteiger partial charge in [0.1, 0.15) is 0 Å². The van der Waals surface area contributed by atoms with Gasteiger partial charge in [-0.25, -0.2) is 0 Å². The molecule has 0 bridgehead atoms. The standard InChI is InChI=1S/C17H22N2O2/c1-3-18-16(20)11-5-4-10(2)15(9-11)19-17(21)14-7-12-6-13(12)8-14/h4-5,9,12-14H,3,6-8H2,1-2H3,(H,18,20)(H,19,21). The molecule has 0 radical (unpaired) electrons. The van der Waals surface area contributed by atoms with Gasteiger partial charge in [-0.2, -0.15) is 0 Å². The van der Waals surface area contributed by atoms with Crippen molar-refractivity contribution >= 4 is 17.5 Å². The summed E-state index contributed by atoms with van der Waals surface area (Å²) in [5.41, 5.74) is 2.33. The van der Waals surface area contributed by atoms with Crippen molar-refractivity contribution in [2.45, 2.75) is 33.1 Å². The zero-order valence-electron chi connectivity index (χ0n) is 12.6. The van der Waals surface area contributed by atoms with Gasteiger partial charge in [0.05, 0.1) is 0 Å². The Balaban J connectivity index is 1.70. The molecule has 2 aliphatic rings. The molecular formula is C17H22N2O2. The third kappa shape index (κ3) is 2.94.